The standard InChI is InChI=1S/C28H28N2O2/c1-17(31)32-21-9-11-22-19(14-21)8-10-24-23(22)12-13-28(2)25(24)15-20-16-29-27(30-26(20)28)18-6-4-3-5-7-18/h3-7,9,11,14,16,23-25H,8,10,12-13,15H2,1-2H3/t23-,24-,25+,28+/m1/s1. The largest absolute Gasteiger partial charge is 0.427 e. The maximum absolute atomic E-state index is 11.4. The van der Waals surface area contributed by atoms with Gasteiger partial charge in [-0.05, 0) is 78.7 Å². The average Bonchev–Trinajstić information content (AvgIpc) is 3.11. The van der Waals surface area contributed by atoms with E-state index in [1.807, 2.05) is 24.3 Å². The molecule has 6 rings (SSSR count). The van der Waals surface area contributed by atoms with Crippen LogP contribution in [0.25, 0.3) is 11.4 Å². The summed E-state index contributed by atoms with van der Waals surface area (Å²) in [4.78, 5) is 21.2. The Bertz CT molecular complexity index is 1210. The summed E-state index contributed by atoms with van der Waals surface area (Å²) in [6.45, 7) is 3.90. The van der Waals surface area contributed by atoms with Crippen LogP contribution in [0.15, 0.2) is 54.7 Å². The average molecular weight is 425 g/mol. The van der Waals surface area contributed by atoms with Crippen LogP contribution in [0.2, 0.25) is 0 Å². The molecule has 1 saturated carbocycles. The number of esters is 1. The van der Waals surface area contributed by atoms with E-state index in [1.54, 1.807) is 0 Å². The zero-order valence-corrected chi connectivity index (χ0v) is 18.7. The van der Waals surface area contributed by atoms with E-state index in [0.29, 0.717) is 23.5 Å². The minimum absolute atomic E-state index is 0.123. The Morgan fingerprint density at radius 2 is 1.94 bits per heavy atom. The second kappa shape index (κ2) is 7.26. The summed E-state index contributed by atoms with van der Waals surface area (Å²) in [5.41, 5.74) is 6.66. The van der Waals surface area contributed by atoms with Gasteiger partial charge >= 0.3 is 5.97 Å². The second-order valence-corrected chi connectivity index (χ2v) is 9.96. The van der Waals surface area contributed by atoms with Crippen molar-refractivity contribution in [3.8, 4) is 17.1 Å². The monoisotopic (exact) mass is 424 g/mol. The van der Waals surface area contributed by atoms with Crippen LogP contribution in [0.4, 0.5) is 0 Å². The van der Waals surface area contributed by atoms with Gasteiger partial charge in [-0.15, -0.1) is 0 Å². The van der Waals surface area contributed by atoms with Crippen molar-refractivity contribution in [1.29, 1.82) is 0 Å². The number of benzene rings is 2. The zero-order valence-electron chi connectivity index (χ0n) is 18.7. The van der Waals surface area contributed by atoms with Crippen LogP contribution in [-0.2, 0) is 23.1 Å². The molecular weight excluding hydrogens is 396 g/mol. The van der Waals surface area contributed by atoms with Gasteiger partial charge in [-0.3, -0.25) is 4.79 Å². The van der Waals surface area contributed by atoms with Crippen molar-refractivity contribution in [3.05, 3.63) is 77.1 Å². The molecule has 3 aliphatic carbocycles. The van der Waals surface area contributed by atoms with Crippen molar-refractivity contribution >= 4 is 5.97 Å². The van der Waals surface area contributed by atoms with Crippen LogP contribution >= 0.6 is 0 Å². The van der Waals surface area contributed by atoms with Gasteiger partial charge in [0.05, 0.1) is 5.69 Å². The van der Waals surface area contributed by atoms with Crippen molar-refractivity contribution in [2.24, 2.45) is 11.8 Å². The molecule has 162 valence electrons. The third kappa shape index (κ3) is 3.00. The summed E-state index contributed by atoms with van der Waals surface area (Å²) in [6, 6.07) is 16.6. The number of fused-ring (bicyclic) bond motifs is 7. The van der Waals surface area contributed by atoms with E-state index in [4.69, 9.17) is 14.7 Å². The molecule has 0 amide bonds. The molecule has 3 aliphatic rings. The molecule has 0 N–H and O–H groups in total. The van der Waals surface area contributed by atoms with Gasteiger partial charge in [-0.1, -0.05) is 43.3 Å². The maximum Gasteiger partial charge on any atom is 0.308 e. The van der Waals surface area contributed by atoms with E-state index in [2.05, 4.69) is 37.4 Å². The maximum atomic E-state index is 11.4. The second-order valence-electron chi connectivity index (χ2n) is 9.96. The van der Waals surface area contributed by atoms with Crippen LogP contribution in [0.1, 0.15) is 61.4 Å². The number of hydrogen-bond donors (Lipinski definition) is 0. The number of carbonyl (C=O) groups excluding carboxylic acids is 1. The smallest absolute Gasteiger partial charge is 0.308 e. The summed E-state index contributed by atoms with van der Waals surface area (Å²) < 4.78 is 5.34. The van der Waals surface area contributed by atoms with Crippen LogP contribution in [0.3, 0.4) is 0 Å². The molecule has 1 heterocycles. The van der Waals surface area contributed by atoms with Crippen molar-refractivity contribution in [2.75, 3.05) is 0 Å². The first-order chi connectivity index (χ1) is 15.5. The van der Waals surface area contributed by atoms with Crippen molar-refractivity contribution < 1.29 is 9.53 Å². The number of hydrogen-bond acceptors (Lipinski definition) is 4. The molecule has 3 aromatic rings. The summed E-state index contributed by atoms with van der Waals surface area (Å²) in [6.07, 6.45) is 7.75. The topological polar surface area (TPSA) is 52.1 Å². The molecule has 0 unspecified atom stereocenters. The molecule has 0 radical (unpaired) electrons. The lowest BCUT2D eigenvalue weighted by Gasteiger charge is -2.49. The predicted octanol–water partition coefficient (Wildman–Crippen LogP) is 5.64. The summed E-state index contributed by atoms with van der Waals surface area (Å²) in [5, 5.41) is 0. The van der Waals surface area contributed by atoms with Gasteiger partial charge in [-0.2, -0.15) is 0 Å². The van der Waals surface area contributed by atoms with Gasteiger partial charge in [0.15, 0.2) is 5.82 Å². The molecule has 4 heteroatoms. The molecule has 32 heavy (non-hydrogen) atoms. The Morgan fingerprint density at radius 3 is 2.75 bits per heavy atom. The van der Waals surface area contributed by atoms with Gasteiger partial charge in [-0.25, -0.2) is 9.97 Å². The molecule has 4 atom stereocenters. The molecule has 1 aromatic heterocycles. The normalized spacial score (nSPS) is 27.6. The third-order valence-corrected chi connectivity index (χ3v) is 8.23. The number of aryl methyl sites for hydroxylation is 1. The molecule has 0 spiro atoms. The van der Waals surface area contributed by atoms with Gasteiger partial charge in [0.25, 0.3) is 0 Å². The number of rotatable bonds is 2. The quantitative estimate of drug-likeness (QED) is 0.395. The first-order valence-electron chi connectivity index (χ1n) is 11.8. The Hall–Kier alpha value is -3.01. The number of ether oxygens (including phenoxy) is 1. The van der Waals surface area contributed by atoms with E-state index < -0.39 is 0 Å². The van der Waals surface area contributed by atoms with Gasteiger partial charge < -0.3 is 4.74 Å². The highest BCUT2D eigenvalue weighted by molar-refractivity contribution is 5.69. The number of aromatic nitrogens is 2. The van der Waals surface area contributed by atoms with Crippen LogP contribution < -0.4 is 4.74 Å². The Kier molecular flexibility index (Phi) is 4.46. The highest BCUT2D eigenvalue weighted by Gasteiger charge is 2.53. The predicted molar refractivity (Wildman–Crippen MR) is 124 cm³/mol. The molecule has 4 nitrogen and oxygen atoms in total. The highest BCUT2D eigenvalue weighted by atomic mass is 16.5. The third-order valence-electron chi connectivity index (χ3n) is 8.23. The minimum Gasteiger partial charge on any atom is -0.427 e. The zero-order chi connectivity index (χ0) is 21.9. The van der Waals surface area contributed by atoms with E-state index in [1.165, 1.54) is 42.1 Å². The molecule has 0 saturated heterocycles. The minimum atomic E-state index is -0.258. The first-order valence-corrected chi connectivity index (χ1v) is 11.8. The highest BCUT2D eigenvalue weighted by Crippen LogP contribution is 2.59. The van der Waals surface area contributed by atoms with Gasteiger partial charge in [0, 0.05) is 24.1 Å². The van der Waals surface area contributed by atoms with Crippen molar-refractivity contribution in [2.45, 2.75) is 57.3 Å². The fourth-order valence-corrected chi connectivity index (χ4v) is 6.79. The Balaban J connectivity index is 1.33. The molecule has 2 aromatic carbocycles. The lowest BCUT2D eigenvalue weighted by Crippen LogP contribution is -2.43. The van der Waals surface area contributed by atoms with E-state index in [-0.39, 0.29) is 11.4 Å². The fourth-order valence-electron chi connectivity index (χ4n) is 6.79. The van der Waals surface area contributed by atoms with Crippen LogP contribution in [0.5, 0.6) is 5.75 Å². The SMILES string of the molecule is CC(=O)Oc1ccc2c(c1)CC[C@@H]1[C@@H]2CC[C@]2(C)c3nc(-c4ccccc4)ncc3C[C@@H]12. The fraction of sp³-hybridized carbons (Fsp3) is 0.393. The lowest BCUT2D eigenvalue weighted by molar-refractivity contribution is -0.131. The summed E-state index contributed by atoms with van der Waals surface area (Å²) >= 11 is 0. The molecular formula is C28H28N2O2. The summed E-state index contributed by atoms with van der Waals surface area (Å²) in [5.74, 6) is 3.12. The van der Waals surface area contributed by atoms with Crippen molar-refractivity contribution in [3.63, 3.8) is 0 Å². The Morgan fingerprint density at radius 1 is 1.09 bits per heavy atom. The number of nitrogens with zero attached hydrogens (tertiary/aromatic N) is 2. The summed E-state index contributed by atoms with van der Waals surface area (Å²) in [7, 11) is 0. The van der Waals surface area contributed by atoms with Gasteiger partial charge in [0.1, 0.15) is 5.75 Å². The number of carbonyl (C=O) groups is 1. The van der Waals surface area contributed by atoms with Crippen molar-refractivity contribution in [1.82, 2.24) is 9.97 Å². The van der Waals surface area contributed by atoms with Gasteiger partial charge in [0.2, 0.25) is 0 Å². The van der Waals surface area contributed by atoms with E-state index >= 15 is 0 Å². The Labute approximate surface area is 189 Å². The first kappa shape index (κ1) is 19.7. The molecule has 0 aliphatic heterocycles. The molecule has 1 fully saturated rings. The van der Waals surface area contributed by atoms with Crippen LogP contribution in [0, 0.1) is 11.8 Å². The van der Waals surface area contributed by atoms with Crippen LogP contribution in [-0.4, -0.2) is 15.9 Å². The lowest BCUT2D eigenvalue weighted by atomic mass is 9.55. The van der Waals surface area contributed by atoms with E-state index in [0.717, 1.165) is 30.7 Å². The van der Waals surface area contributed by atoms with E-state index in [9.17, 15) is 4.79 Å². The molecule has 0 bridgehead atoms.